The van der Waals surface area contributed by atoms with Crippen molar-refractivity contribution >= 4 is 40.0 Å². The molecule has 3 aromatic rings. The summed E-state index contributed by atoms with van der Waals surface area (Å²) in [6.07, 6.45) is 6.01. The quantitative estimate of drug-likeness (QED) is 0.732. The van der Waals surface area contributed by atoms with Gasteiger partial charge in [-0.15, -0.1) is 0 Å². The molecule has 8 heteroatoms. The Morgan fingerprint density at radius 3 is 3.08 bits per heavy atom. The first-order chi connectivity index (χ1) is 12.2. The van der Waals surface area contributed by atoms with Crippen LogP contribution in [0.25, 0.3) is 15.9 Å². The number of nitrogens with zero attached hydrogens (tertiary/aromatic N) is 6. The molecule has 0 amide bonds. The second-order valence-electron chi connectivity index (χ2n) is 6.05. The van der Waals surface area contributed by atoms with Gasteiger partial charge in [-0.05, 0) is 18.6 Å². The maximum absolute atomic E-state index is 7.05. The fourth-order valence-electron chi connectivity index (χ4n) is 3.28. The van der Waals surface area contributed by atoms with Crippen molar-refractivity contribution in [2.45, 2.75) is 12.5 Å². The lowest BCUT2D eigenvalue weighted by atomic mass is 10.2. The Kier molecular flexibility index (Phi) is 3.90. The van der Waals surface area contributed by atoms with Gasteiger partial charge in [0.1, 0.15) is 23.6 Å². The predicted molar refractivity (Wildman–Crippen MR) is 98.4 cm³/mol. The van der Waals surface area contributed by atoms with Gasteiger partial charge >= 0.3 is 0 Å². The Morgan fingerprint density at radius 2 is 2.28 bits per heavy atom. The van der Waals surface area contributed by atoms with Gasteiger partial charge in [-0.2, -0.15) is 0 Å². The van der Waals surface area contributed by atoms with Crippen LogP contribution < -0.4 is 9.80 Å². The van der Waals surface area contributed by atoms with E-state index in [2.05, 4.69) is 34.6 Å². The number of hydrogen-bond donors (Lipinski definition) is 1. The third kappa shape index (κ3) is 2.75. The number of aromatic nitrogens is 4. The summed E-state index contributed by atoms with van der Waals surface area (Å²) < 4.78 is 0. The summed E-state index contributed by atoms with van der Waals surface area (Å²) in [5.74, 6) is 1.65. The largest absolute Gasteiger partial charge is 0.354 e. The lowest BCUT2D eigenvalue weighted by molar-refractivity contribution is 0.684. The Bertz CT molecular complexity index is 961. The minimum atomic E-state index is 0.271. The normalized spacial score (nSPS) is 17.0. The van der Waals surface area contributed by atoms with E-state index in [0.717, 1.165) is 36.4 Å². The average Bonchev–Trinajstić information content (AvgIpc) is 3.30. The van der Waals surface area contributed by atoms with Crippen molar-refractivity contribution in [3.63, 3.8) is 0 Å². The van der Waals surface area contributed by atoms with E-state index >= 15 is 0 Å². The van der Waals surface area contributed by atoms with Crippen LogP contribution in [0.3, 0.4) is 0 Å². The van der Waals surface area contributed by atoms with E-state index < -0.39 is 0 Å². The smallest absolute Gasteiger partial charge is 0.206 e. The molecule has 4 rings (SSSR count). The molecule has 0 radical (unpaired) electrons. The topological polar surface area (TPSA) is 65.3 Å². The highest BCUT2D eigenvalue weighted by Crippen LogP contribution is 2.31. The molecule has 1 atom stereocenters. The maximum atomic E-state index is 7.05. The highest BCUT2D eigenvalue weighted by Gasteiger charge is 2.29. The lowest BCUT2D eigenvalue weighted by Crippen LogP contribution is -2.35. The molecule has 0 bridgehead atoms. The first kappa shape index (κ1) is 15.7. The first-order valence-electron chi connectivity index (χ1n) is 7.96. The number of hydrogen-bond acceptors (Lipinski definition) is 5. The maximum Gasteiger partial charge on any atom is 0.206 e. The van der Waals surface area contributed by atoms with E-state index in [0.29, 0.717) is 16.5 Å². The number of pyridine rings is 1. The van der Waals surface area contributed by atoms with E-state index in [1.165, 1.54) is 0 Å². The number of likely N-dealkylation sites (N-methyl/N-ethyl adjacent to an activating group) is 1. The Hall–Kier alpha value is -2.85. The van der Waals surface area contributed by atoms with Gasteiger partial charge in [0.05, 0.1) is 17.0 Å². The zero-order chi connectivity index (χ0) is 17.4. The van der Waals surface area contributed by atoms with Gasteiger partial charge in [0, 0.05) is 38.6 Å². The second-order valence-corrected chi connectivity index (χ2v) is 6.45. The van der Waals surface area contributed by atoms with Crippen LogP contribution in [0.4, 0.5) is 17.3 Å². The fraction of sp³-hybridized carbons (Fsp3) is 0.294. The monoisotopic (exact) mass is 353 g/mol. The lowest BCUT2D eigenvalue weighted by Gasteiger charge is -2.27. The third-order valence-corrected chi connectivity index (χ3v) is 4.89. The summed E-state index contributed by atoms with van der Waals surface area (Å²) in [4.78, 5) is 23.9. The Balaban J connectivity index is 1.56. The zero-order valence-corrected chi connectivity index (χ0v) is 14.4. The van der Waals surface area contributed by atoms with E-state index in [4.69, 9.17) is 18.2 Å². The molecule has 7 nitrogen and oxygen atoms in total. The van der Waals surface area contributed by atoms with Gasteiger partial charge in [0.2, 0.25) is 5.69 Å². The molecular formula is C17H16ClN7. The standard InChI is InChI=1S/C17H16ClN7/c1-19-11-7-14(18)17(21-8-11)24(2)12-4-6-25(9-12)16-13-3-5-20-15(13)22-10-23-16/h3,5,7-8,10,12H,4,6,9H2,2H3,(H,20,22,23)/t12-/m1/s1. The van der Waals surface area contributed by atoms with Crippen molar-refractivity contribution in [3.05, 3.63) is 47.3 Å². The summed E-state index contributed by atoms with van der Waals surface area (Å²) in [6, 6.07) is 3.93. The molecule has 0 saturated carbocycles. The molecule has 1 aliphatic rings. The Morgan fingerprint density at radius 1 is 1.40 bits per heavy atom. The summed E-state index contributed by atoms with van der Waals surface area (Å²) >= 11 is 6.31. The van der Waals surface area contributed by atoms with Crippen LogP contribution in [-0.4, -0.2) is 46.1 Å². The molecule has 25 heavy (non-hydrogen) atoms. The summed E-state index contributed by atoms with van der Waals surface area (Å²) in [5, 5.41) is 1.54. The predicted octanol–water partition coefficient (Wildman–Crippen LogP) is 3.27. The number of H-pyrrole nitrogens is 1. The SMILES string of the molecule is [C-]#[N+]c1cnc(N(C)[C@@H]2CCN(c3ncnc4[nH]ccc34)C2)c(Cl)c1. The van der Waals surface area contributed by atoms with Crippen molar-refractivity contribution in [2.24, 2.45) is 0 Å². The third-order valence-electron chi connectivity index (χ3n) is 4.61. The van der Waals surface area contributed by atoms with E-state index in [1.807, 2.05) is 19.3 Å². The average molecular weight is 354 g/mol. The number of fused-ring (bicyclic) bond motifs is 1. The Labute approximate surface area is 150 Å². The summed E-state index contributed by atoms with van der Waals surface area (Å²) in [5.41, 5.74) is 1.30. The molecule has 0 unspecified atom stereocenters. The van der Waals surface area contributed by atoms with Gasteiger partial charge in [0.25, 0.3) is 0 Å². The van der Waals surface area contributed by atoms with Gasteiger partial charge < -0.3 is 14.8 Å². The molecule has 3 aromatic heterocycles. The van der Waals surface area contributed by atoms with Crippen LogP contribution in [0.2, 0.25) is 5.02 Å². The van der Waals surface area contributed by atoms with Crippen LogP contribution in [0, 0.1) is 6.57 Å². The minimum Gasteiger partial charge on any atom is -0.354 e. The van der Waals surface area contributed by atoms with Crippen LogP contribution in [0.5, 0.6) is 0 Å². The molecule has 0 aliphatic carbocycles. The summed E-state index contributed by atoms with van der Waals surface area (Å²) in [6.45, 7) is 8.79. The van der Waals surface area contributed by atoms with Crippen LogP contribution in [0.15, 0.2) is 30.9 Å². The van der Waals surface area contributed by atoms with Crippen molar-refractivity contribution in [3.8, 4) is 0 Å². The van der Waals surface area contributed by atoms with Crippen molar-refractivity contribution in [2.75, 3.05) is 29.9 Å². The molecule has 1 fully saturated rings. The van der Waals surface area contributed by atoms with Crippen LogP contribution in [0.1, 0.15) is 6.42 Å². The number of anilines is 2. The van der Waals surface area contributed by atoms with Crippen LogP contribution >= 0.6 is 11.6 Å². The van der Waals surface area contributed by atoms with Gasteiger partial charge in [-0.1, -0.05) is 11.6 Å². The number of halogens is 1. The molecule has 4 heterocycles. The summed E-state index contributed by atoms with van der Waals surface area (Å²) in [7, 11) is 1.99. The fourth-order valence-corrected chi connectivity index (χ4v) is 3.57. The van der Waals surface area contributed by atoms with Gasteiger partial charge in [-0.25, -0.2) is 19.8 Å². The highest BCUT2D eigenvalue weighted by molar-refractivity contribution is 6.33. The number of rotatable bonds is 3. The van der Waals surface area contributed by atoms with Crippen molar-refractivity contribution in [1.82, 2.24) is 19.9 Å². The van der Waals surface area contributed by atoms with Crippen LogP contribution in [-0.2, 0) is 0 Å². The van der Waals surface area contributed by atoms with Crippen molar-refractivity contribution in [1.29, 1.82) is 0 Å². The molecule has 0 aromatic carbocycles. The van der Waals surface area contributed by atoms with E-state index in [-0.39, 0.29) is 6.04 Å². The highest BCUT2D eigenvalue weighted by atomic mass is 35.5. The molecular weight excluding hydrogens is 338 g/mol. The molecule has 126 valence electrons. The van der Waals surface area contributed by atoms with E-state index in [1.54, 1.807) is 18.6 Å². The molecule has 0 spiro atoms. The molecule has 1 aliphatic heterocycles. The first-order valence-corrected chi connectivity index (χ1v) is 8.34. The molecule has 1 saturated heterocycles. The van der Waals surface area contributed by atoms with Gasteiger partial charge in [0.15, 0.2) is 0 Å². The molecule has 1 N–H and O–H groups in total. The number of aromatic amines is 1. The second kappa shape index (κ2) is 6.22. The van der Waals surface area contributed by atoms with Crippen molar-refractivity contribution < 1.29 is 0 Å². The number of nitrogens with one attached hydrogen (secondary N) is 1. The van der Waals surface area contributed by atoms with Gasteiger partial charge in [-0.3, -0.25) is 0 Å². The van der Waals surface area contributed by atoms with E-state index in [9.17, 15) is 0 Å². The minimum absolute atomic E-state index is 0.271. The zero-order valence-electron chi connectivity index (χ0n) is 13.6.